The van der Waals surface area contributed by atoms with E-state index in [1.54, 1.807) is 0 Å². The second-order valence-corrected chi connectivity index (χ2v) is 4.73. The van der Waals surface area contributed by atoms with Crippen molar-refractivity contribution in [3.8, 4) is 0 Å². The van der Waals surface area contributed by atoms with Crippen molar-refractivity contribution < 1.29 is 14.8 Å². The molecule has 1 saturated carbocycles. The minimum Gasteiger partial charge on any atom is -0.430 e. The molecule has 16 heavy (non-hydrogen) atoms. The molecule has 3 nitrogen and oxygen atoms in total. The normalized spacial score (nSPS) is 21.4. The van der Waals surface area contributed by atoms with E-state index in [1.807, 2.05) is 13.0 Å². The maximum Gasteiger partial charge on any atom is 0.551 e. The minimum absolute atomic E-state index is 0.0521. The summed E-state index contributed by atoms with van der Waals surface area (Å²) in [6, 6.07) is 6.21. The van der Waals surface area contributed by atoms with E-state index in [0.717, 1.165) is 24.1 Å². The molecule has 3 heteroatoms. The number of benzene rings is 1. The fourth-order valence-corrected chi connectivity index (χ4v) is 2.90. The number of para-hydroxylation sites is 1. The lowest BCUT2D eigenvalue weighted by Crippen LogP contribution is -2.72. The summed E-state index contributed by atoms with van der Waals surface area (Å²) in [6.07, 6.45) is 4.27. The third kappa shape index (κ3) is 1.24. The Hall–Kier alpha value is -1.51. The number of nitrogens with one attached hydrogen (secondary N) is 1. The lowest BCUT2D eigenvalue weighted by atomic mass is 9.88. The molecular weight excluding hydrogens is 202 g/mol. The zero-order valence-electron chi connectivity index (χ0n) is 9.42. The Morgan fingerprint density at radius 1 is 1.31 bits per heavy atom. The van der Waals surface area contributed by atoms with Crippen LogP contribution in [-0.4, -0.2) is 11.2 Å². The molecule has 0 bridgehead atoms. The van der Waals surface area contributed by atoms with Crippen molar-refractivity contribution in [2.75, 3.05) is 0 Å². The predicted molar refractivity (Wildman–Crippen MR) is 60.7 cm³/mol. The smallest absolute Gasteiger partial charge is 0.430 e. The molecule has 0 aromatic heterocycles. The van der Waals surface area contributed by atoms with Gasteiger partial charge in [-0.25, -0.2) is 0 Å². The molecule has 84 valence electrons. The van der Waals surface area contributed by atoms with Crippen LogP contribution in [0.3, 0.4) is 0 Å². The highest BCUT2D eigenvalue weighted by Crippen LogP contribution is 2.45. The molecule has 1 spiro atoms. The molecule has 1 fully saturated rings. The van der Waals surface area contributed by atoms with Crippen molar-refractivity contribution in [2.24, 2.45) is 0 Å². The summed E-state index contributed by atoms with van der Waals surface area (Å²) in [6.45, 7) is 2.05. The fraction of sp³-hybridized carbons (Fsp3) is 0.462. The summed E-state index contributed by atoms with van der Waals surface area (Å²) in [4.78, 5) is 2.93. The third-order valence-corrected chi connectivity index (χ3v) is 3.70. The van der Waals surface area contributed by atoms with Crippen molar-refractivity contribution in [2.45, 2.75) is 38.2 Å². The van der Waals surface area contributed by atoms with Gasteiger partial charge in [0, 0.05) is 5.56 Å². The topological polar surface area (TPSA) is 43.4 Å². The van der Waals surface area contributed by atoms with Gasteiger partial charge in [0.05, 0.1) is 5.56 Å². The Kier molecular flexibility index (Phi) is 1.96. The van der Waals surface area contributed by atoms with Gasteiger partial charge in [-0.3, -0.25) is 0 Å². The van der Waals surface area contributed by atoms with E-state index >= 15 is 0 Å². The first-order valence-corrected chi connectivity index (χ1v) is 5.83. The van der Waals surface area contributed by atoms with Gasteiger partial charge >= 0.3 is 6.08 Å². The van der Waals surface area contributed by atoms with Gasteiger partial charge in [0.15, 0.2) is 0 Å². The van der Waals surface area contributed by atoms with Crippen molar-refractivity contribution in [3.05, 3.63) is 29.3 Å². The molecule has 0 amide bonds. The van der Waals surface area contributed by atoms with Gasteiger partial charge in [0.25, 0.3) is 0 Å². The Morgan fingerprint density at radius 3 is 2.81 bits per heavy atom. The summed E-state index contributed by atoms with van der Waals surface area (Å²) in [5.74, 6) is 0. The molecule has 1 aromatic carbocycles. The van der Waals surface area contributed by atoms with Gasteiger partial charge in [0.1, 0.15) is 5.60 Å². The van der Waals surface area contributed by atoms with Gasteiger partial charge in [0.2, 0.25) is 5.69 Å². The average Bonchev–Trinajstić information content (AvgIpc) is 2.69. The average molecular weight is 218 g/mol. The minimum atomic E-state index is -0.281. The second-order valence-electron chi connectivity index (χ2n) is 4.73. The highest BCUT2D eigenvalue weighted by molar-refractivity contribution is 5.65. The van der Waals surface area contributed by atoms with Crippen LogP contribution in [0.15, 0.2) is 18.2 Å². The zero-order chi connectivity index (χ0) is 11.2. The van der Waals surface area contributed by atoms with Gasteiger partial charge < -0.3 is 9.84 Å². The molecule has 0 atom stereocenters. The second kappa shape index (κ2) is 3.24. The largest absolute Gasteiger partial charge is 0.551 e. The highest BCUT2D eigenvalue weighted by Gasteiger charge is 2.46. The molecule has 0 unspecified atom stereocenters. The van der Waals surface area contributed by atoms with Crippen LogP contribution in [0.4, 0.5) is 5.69 Å². The van der Waals surface area contributed by atoms with Crippen LogP contribution in [0.2, 0.25) is 0 Å². The number of aliphatic hydroxyl groups excluding tert-OH is 1. The van der Waals surface area contributed by atoms with Gasteiger partial charge in [-0.2, -0.15) is 0 Å². The third-order valence-electron chi connectivity index (χ3n) is 3.70. The summed E-state index contributed by atoms with van der Waals surface area (Å²) in [7, 11) is 0. The van der Waals surface area contributed by atoms with Crippen LogP contribution in [0.25, 0.3) is 0 Å². The Balaban J connectivity index is 2.21. The number of fused-ring (bicyclic) bond motifs is 2. The maximum atomic E-state index is 9.69. The lowest BCUT2D eigenvalue weighted by molar-refractivity contribution is -0.398. The highest BCUT2D eigenvalue weighted by atomic mass is 16.6. The SMILES string of the molecule is Cc1cccc2c1[NH+]=C(O)OC21CCCC1. The van der Waals surface area contributed by atoms with Crippen LogP contribution < -0.4 is 4.99 Å². The lowest BCUT2D eigenvalue weighted by Gasteiger charge is -2.30. The number of rotatable bonds is 0. The Labute approximate surface area is 94.8 Å². The molecule has 3 rings (SSSR count). The van der Waals surface area contributed by atoms with E-state index < -0.39 is 0 Å². The molecular formula is C13H16NO2+. The van der Waals surface area contributed by atoms with E-state index in [4.69, 9.17) is 4.74 Å². The van der Waals surface area contributed by atoms with E-state index in [2.05, 4.69) is 17.1 Å². The maximum absolute atomic E-state index is 9.69. The van der Waals surface area contributed by atoms with Gasteiger partial charge in [-0.1, -0.05) is 12.1 Å². The fourth-order valence-electron chi connectivity index (χ4n) is 2.90. The number of hydrogen-bond acceptors (Lipinski definition) is 1. The van der Waals surface area contributed by atoms with E-state index in [0.29, 0.717) is 0 Å². The predicted octanol–water partition coefficient (Wildman–Crippen LogP) is 1.42. The summed E-state index contributed by atoms with van der Waals surface area (Å²) >= 11 is 0. The summed E-state index contributed by atoms with van der Waals surface area (Å²) in [5.41, 5.74) is 3.09. The molecule has 1 aliphatic carbocycles. The summed E-state index contributed by atoms with van der Waals surface area (Å²) < 4.78 is 5.68. The van der Waals surface area contributed by atoms with Crippen molar-refractivity contribution in [1.29, 1.82) is 0 Å². The van der Waals surface area contributed by atoms with Crippen LogP contribution in [0.5, 0.6) is 0 Å². The molecule has 0 saturated heterocycles. The standard InChI is InChI=1S/C13H15NO2/c1-9-5-4-6-10-11(9)14-12(15)16-13(10)7-2-3-8-13/h4-6H,2-3,7-8H2,1H3,(H,14,15)/p+1. The van der Waals surface area contributed by atoms with Crippen LogP contribution in [0.1, 0.15) is 36.8 Å². The van der Waals surface area contributed by atoms with Crippen molar-refractivity contribution in [3.63, 3.8) is 0 Å². The van der Waals surface area contributed by atoms with Crippen LogP contribution in [0, 0.1) is 6.92 Å². The molecule has 1 aromatic rings. The van der Waals surface area contributed by atoms with E-state index in [-0.39, 0.29) is 11.7 Å². The monoisotopic (exact) mass is 218 g/mol. The molecule has 1 heterocycles. The molecule has 2 aliphatic rings. The van der Waals surface area contributed by atoms with Crippen molar-refractivity contribution in [1.82, 2.24) is 0 Å². The van der Waals surface area contributed by atoms with Crippen molar-refractivity contribution >= 4 is 11.8 Å². The quantitative estimate of drug-likeness (QED) is 0.691. The number of aryl methyl sites for hydroxylation is 1. The van der Waals surface area contributed by atoms with Crippen LogP contribution in [-0.2, 0) is 10.3 Å². The number of aliphatic hydroxyl groups is 1. The number of hydrogen-bond donors (Lipinski definition) is 2. The first-order chi connectivity index (χ1) is 7.71. The molecule has 0 radical (unpaired) electrons. The van der Waals surface area contributed by atoms with E-state index in [9.17, 15) is 5.11 Å². The first kappa shape index (κ1) is 9.70. The molecule has 2 N–H and O–H groups in total. The van der Waals surface area contributed by atoms with Gasteiger partial charge in [-0.15, -0.1) is 4.99 Å². The zero-order valence-corrected chi connectivity index (χ0v) is 9.42. The number of ether oxygens (including phenoxy) is 1. The molecule has 1 aliphatic heterocycles. The van der Waals surface area contributed by atoms with E-state index in [1.165, 1.54) is 18.4 Å². The van der Waals surface area contributed by atoms with Gasteiger partial charge in [-0.05, 0) is 38.7 Å². The first-order valence-electron chi connectivity index (χ1n) is 5.83. The van der Waals surface area contributed by atoms with Crippen LogP contribution >= 0.6 is 0 Å². The summed E-state index contributed by atoms with van der Waals surface area (Å²) in [5, 5.41) is 9.69. The Bertz CT molecular complexity index is 459. The Morgan fingerprint density at radius 2 is 2.06 bits per heavy atom.